The van der Waals surface area contributed by atoms with Crippen molar-refractivity contribution in [3.8, 4) is 0 Å². The van der Waals surface area contributed by atoms with Gasteiger partial charge in [-0.2, -0.15) is 13.2 Å². The number of hydrogen-bond acceptors (Lipinski definition) is 4. The van der Waals surface area contributed by atoms with Gasteiger partial charge in [-0.05, 0) is 69.4 Å². The number of benzene rings is 3. The van der Waals surface area contributed by atoms with Gasteiger partial charge in [0, 0.05) is 60.6 Å². The third-order valence-corrected chi connectivity index (χ3v) is 8.41. The number of nitrogens with zero attached hydrogens (tertiary/aromatic N) is 3. The Labute approximate surface area is 275 Å². The Bertz CT molecular complexity index is 1650. The van der Waals surface area contributed by atoms with Gasteiger partial charge in [0.05, 0.1) is 16.8 Å². The lowest BCUT2D eigenvalue weighted by Gasteiger charge is -2.35. The Hall–Kier alpha value is -4.29. The number of fused-ring (bicyclic) bond motifs is 1. The standard InChI is InChI=1S/C34H33F5N4O3.ClH/c1-41(2)24-15-18-42(19-16-24)30(44)21-28-25-7-4-6-10-29(25)43(20-17-33(28,35)36)32(46)22-11-13-23(14-12-22)40-31(45)26-8-3-5-9-27(26)34(37,38)39;/h3-14,21,24H,15-20H2,1-2H3,(H,40,45);1H. The maximum atomic E-state index is 15.7. The molecule has 0 bridgehead atoms. The van der Waals surface area contributed by atoms with Gasteiger partial charge in [-0.1, -0.05) is 30.3 Å². The van der Waals surface area contributed by atoms with Crippen LogP contribution < -0.4 is 10.2 Å². The normalized spacial score (nSPS) is 17.5. The van der Waals surface area contributed by atoms with Gasteiger partial charge in [-0.3, -0.25) is 14.4 Å². The quantitative estimate of drug-likeness (QED) is 0.233. The van der Waals surface area contributed by atoms with Crippen LogP contribution in [0.4, 0.5) is 33.3 Å². The van der Waals surface area contributed by atoms with Crippen molar-refractivity contribution in [2.75, 3.05) is 43.9 Å². The second kappa shape index (κ2) is 14.2. The fraction of sp³-hybridized carbons (Fsp3) is 0.324. The lowest BCUT2D eigenvalue weighted by atomic mass is 9.96. The molecule has 1 fully saturated rings. The molecular formula is C34H34ClF5N4O3. The summed E-state index contributed by atoms with van der Waals surface area (Å²) in [5, 5.41) is 2.40. The van der Waals surface area contributed by atoms with Crippen molar-refractivity contribution >= 4 is 47.1 Å². The first-order chi connectivity index (χ1) is 21.8. The number of likely N-dealkylation sites (tertiary alicyclic amines) is 1. The van der Waals surface area contributed by atoms with Crippen LogP contribution in [0.3, 0.4) is 0 Å². The van der Waals surface area contributed by atoms with E-state index in [4.69, 9.17) is 0 Å². The summed E-state index contributed by atoms with van der Waals surface area (Å²) in [6, 6.07) is 16.3. The van der Waals surface area contributed by atoms with Crippen molar-refractivity contribution in [2.24, 2.45) is 0 Å². The maximum Gasteiger partial charge on any atom is 0.417 e. The van der Waals surface area contributed by atoms with Crippen LogP contribution in [-0.4, -0.2) is 73.2 Å². The van der Waals surface area contributed by atoms with Crippen LogP contribution in [0.25, 0.3) is 5.57 Å². The van der Waals surface area contributed by atoms with Crippen LogP contribution in [0, 0.1) is 0 Å². The van der Waals surface area contributed by atoms with Gasteiger partial charge in [0.15, 0.2) is 0 Å². The van der Waals surface area contributed by atoms with E-state index >= 15 is 8.78 Å². The molecule has 1 saturated heterocycles. The van der Waals surface area contributed by atoms with Gasteiger partial charge >= 0.3 is 6.18 Å². The molecule has 0 atom stereocenters. The van der Waals surface area contributed by atoms with Crippen molar-refractivity contribution in [3.63, 3.8) is 0 Å². The van der Waals surface area contributed by atoms with Crippen LogP contribution in [0.1, 0.15) is 51.1 Å². The van der Waals surface area contributed by atoms with Crippen LogP contribution >= 0.6 is 12.4 Å². The van der Waals surface area contributed by atoms with Crippen LogP contribution in [-0.2, 0) is 11.0 Å². The lowest BCUT2D eigenvalue weighted by molar-refractivity contribution is -0.138. The minimum absolute atomic E-state index is 0. The predicted molar refractivity (Wildman–Crippen MR) is 172 cm³/mol. The minimum atomic E-state index is -4.73. The Morgan fingerprint density at radius 3 is 2.15 bits per heavy atom. The highest BCUT2D eigenvalue weighted by Gasteiger charge is 2.42. The summed E-state index contributed by atoms with van der Waals surface area (Å²) in [6.45, 7) is 0.568. The molecule has 7 nitrogen and oxygen atoms in total. The van der Waals surface area contributed by atoms with Crippen molar-refractivity contribution in [3.05, 3.63) is 101 Å². The maximum absolute atomic E-state index is 15.7. The van der Waals surface area contributed by atoms with E-state index in [2.05, 4.69) is 10.2 Å². The summed E-state index contributed by atoms with van der Waals surface area (Å²) in [6.07, 6.45) is -2.98. The van der Waals surface area contributed by atoms with Gasteiger partial charge < -0.3 is 20.0 Å². The van der Waals surface area contributed by atoms with Crippen molar-refractivity contribution < 1.29 is 36.3 Å². The molecule has 47 heavy (non-hydrogen) atoms. The molecule has 13 heteroatoms. The zero-order valence-corrected chi connectivity index (χ0v) is 26.5. The molecule has 250 valence electrons. The molecular weight excluding hydrogens is 643 g/mol. The number of para-hydroxylation sites is 1. The van der Waals surface area contributed by atoms with Gasteiger partial charge in [-0.15, -0.1) is 12.4 Å². The summed E-state index contributed by atoms with van der Waals surface area (Å²) in [5.41, 5.74) is -1.55. The Balaban J connectivity index is 0.00000500. The van der Waals surface area contributed by atoms with E-state index in [-0.39, 0.29) is 41.5 Å². The van der Waals surface area contributed by atoms with Crippen LogP contribution in [0.2, 0.25) is 0 Å². The van der Waals surface area contributed by atoms with E-state index in [1.807, 2.05) is 14.1 Å². The first-order valence-electron chi connectivity index (χ1n) is 14.8. The molecule has 5 rings (SSSR count). The van der Waals surface area contributed by atoms with Gasteiger partial charge in [0.2, 0.25) is 5.91 Å². The number of anilines is 2. The number of rotatable bonds is 5. The third-order valence-electron chi connectivity index (χ3n) is 8.41. The molecule has 3 amide bonds. The number of allylic oxidation sites excluding steroid dienone is 1. The molecule has 2 heterocycles. The summed E-state index contributed by atoms with van der Waals surface area (Å²) >= 11 is 0. The minimum Gasteiger partial charge on any atom is -0.339 e. The molecule has 0 aromatic heterocycles. The summed E-state index contributed by atoms with van der Waals surface area (Å²) < 4.78 is 71.4. The average Bonchev–Trinajstić information content (AvgIpc) is 3.14. The van der Waals surface area contributed by atoms with E-state index in [0.29, 0.717) is 19.1 Å². The Morgan fingerprint density at radius 2 is 1.51 bits per heavy atom. The van der Waals surface area contributed by atoms with Crippen LogP contribution in [0.5, 0.6) is 0 Å². The molecule has 2 aliphatic rings. The lowest BCUT2D eigenvalue weighted by Crippen LogP contribution is -2.44. The SMILES string of the molecule is CN(C)C1CCN(C(=O)C=C2c3ccccc3N(C(=O)c3ccc(NC(=O)c4ccccc4C(F)(F)F)cc3)CCC2(F)F)CC1.Cl. The van der Waals surface area contributed by atoms with Gasteiger partial charge in [-0.25, -0.2) is 8.78 Å². The van der Waals surface area contributed by atoms with E-state index in [0.717, 1.165) is 31.1 Å². The third kappa shape index (κ3) is 7.82. The first kappa shape index (κ1) is 35.6. The van der Waals surface area contributed by atoms with E-state index in [1.54, 1.807) is 23.1 Å². The number of halogens is 6. The first-order valence-corrected chi connectivity index (χ1v) is 14.8. The monoisotopic (exact) mass is 676 g/mol. The van der Waals surface area contributed by atoms with Gasteiger partial charge in [0.25, 0.3) is 17.7 Å². The molecule has 0 aliphatic carbocycles. The second-order valence-electron chi connectivity index (χ2n) is 11.6. The number of piperidine rings is 1. The summed E-state index contributed by atoms with van der Waals surface area (Å²) in [7, 11) is 3.93. The highest BCUT2D eigenvalue weighted by Crippen LogP contribution is 2.43. The fourth-order valence-electron chi connectivity index (χ4n) is 5.83. The predicted octanol–water partition coefficient (Wildman–Crippen LogP) is 7.00. The van der Waals surface area contributed by atoms with Crippen molar-refractivity contribution in [2.45, 2.75) is 37.4 Å². The smallest absolute Gasteiger partial charge is 0.339 e. The summed E-state index contributed by atoms with van der Waals surface area (Å²) in [5.74, 6) is -5.48. The second-order valence-corrected chi connectivity index (χ2v) is 11.6. The van der Waals surface area contributed by atoms with Crippen molar-refractivity contribution in [1.82, 2.24) is 9.80 Å². The fourth-order valence-corrected chi connectivity index (χ4v) is 5.83. The largest absolute Gasteiger partial charge is 0.417 e. The zero-order chi connectivity index (χ0) is 33.2. The molecule has 3 aromatic carbocycles. The topological polar surface area (TPSA) is 73.0 Å². The zero-order valence-electron chi connectivity index (χ0n) is 25.7. The highest BCUT2D eigenvalue weighted by molar-refractivity contribution is 6.10. The van der Waals surface area contributed by atoms with Crippen LogP contribution in [0.15, 0.2) is 78.9 Å². The number of carbonyl (C=O) groups excluding carboxylic acids is 3. The molecule has 0 unspecified atom stereocenters. The number of amides is 3. The Morgan fingerprint density at radius 1 is 0.894 bits per heavy atom. The molecule has 2 aliphatic heterocycles. The highest BCUT2D eigenvalue weighted by atomic mass is 35.5. The summed E-state index contributed by atoms with van der Waals surface area (Å²) in [4.78, 5) is 44.4. The number of nitrogens with one attached hydrogen (secondary N) is 1. The van der Waals surface area contributed by atoms with Gasteiger partial charge in [0.1, 0.15) is 0 Å². The molecule has 0 radical (unpaired) electrons. The van der Waals surface area contributed by atoms with E-state index in [9.17, 15) is 27.6 Å². The molecule has 3 aromatic rings. The number of hydrogen-bond donors (Lipinski definition) is 1. The molecule has 1 N–H and O–H groups in total. The molecule has 0 saturated carbocycles. The average molecular weight is 677 g/mol. The van der Waals surface area contributed by atoms with E-state index < -0.39 is 52.9 Å². The van der Waals surface area contributed by atoms with E-state index in [1.165, 1.54) is 47.4 Å². The number of alkyl halides is 5. The van der Waals surface area contributed by atoms with Crippen molar-refractivity contribution in [1.29, 1.82) is 0 Å². The number of carbonyl (C=O) groups is 3. The Kier molecular flexibility index (Phi) is 10.8. The molecule has 0 spiro atoms.